The first-order valence-corrected chi connectivity index (χ1v) is 9.60. The minimum absolute atomic E-state index is 0.285. The van der Waals surface area contributed by atoms with Crippen molar-refractivity contribution in [2.45, 2.75) is 45.5 Å². The molecule has 1 aromatic carbocycles. The molecule has 0 aliphatic heterocycles. The third kappa shape index (κ3) is 3.57. The standard InChI is InChI=1S/C13H21IOSi/c1-13(2,3)16(4,5)15-10-11-8-6-7-9-12(11)14/h6-9H,10H2,1-5H3. The second-order valence-electron chi connectivity index (χ2n) is 5.64. The Morgan fingerprint density at radius 2 is 1.75 bits per heavy atom. The van der Waals surface area contributed by atoms with Crippen LogP contribution in [0, 0.1) is 3.57 Å². The fourth-order valence-electron chi connectivity index (χ4n) is 1.09. The maximum atomic E-state index is 6.19. The van der Waals surface area contributed by atoms with E-state index in [1.165, 1.54) is 9.13 Å². The zero-order chi connectivity index (χ0) is 12.4. The molecule has 3 heteroatoms. The molecule has 0 fully saturated rings. The van der Waals surface area contributed by atoms with E-state index in [2.05, 4.69) is 80.7 Å². The lowest BCUT2D eigenvalue weighted by Crippen LogP contribution is -2.40. The molecule has 0 heterocycles. The van der Waals surface area contributed by atoms with Gasteiger partial charge in [-0.2, -0.15) is 0 Å². The Kier molecular flexibility index (Phi) is 4.60. The second-order valence-corrected chi connectivity index (χ2v) is 11.6. The number of benzene rings is 1. The first kappa shape index (κ1) is 14.2. The van der Waals surface area contributed by atoms with Crippen LogP contribution in [0.3, 0.4) is 0 Å². The molecule has 0 aromatic heterocycles. The van der Waals surface area contributed by atoms with E-state index in [4.69, 9.17) is 4.43 Å². The molecule has 90 valence electrons. The smallest absolute Gasteiger partial charge is 0.192 e. The van der Waals surface area contributed by atoms with Gasteiger partial charge in [0, 0.05) is 3.57 Å². The van der Waals surface area contributed by atoms with E-state index in [-0.39, 0.29) is 5.04 Å². The van der Waals surface area contributed by atoms with E-state index < -0.39 is 8.32 Å². The van der Waals surface area contributed by atoms with Gasteiger partial charge >= 0.3 is 0 Å². The van der Waals surface area contributed by atoms with E-state index >= 15 is 0 Å². The summed E-state index contributed by atoms with van der Waals surface area (Å²) in [5.74, 6) is 0. The van der Waals surface area contributed by atoms with Crippen LogP contribution >= 0.6 is 22.6 Å². The third-order valence-corrected chi connectivity index (χ3v) is 8.88. The zero-order valence-electron chi connectivity index (χ0n) is 10.8. The summed E-state index contributed by atoms with van der Waals surface area (Å²) in [4.78, 5) is 0. The Labute approximate surface area is 114 Å². The van der Waals surface area contributed by atoms with Crippen molar-refractivity contribution in [3.05, 3.63) is 33.4 Å². The van der Waals surface area contributed by atoms with Gasteiger partial charge in [0.25, 0.3) is 0 Å². The van der Waals surface area contributed by atoms with Gasteiger partial charge in [0.05, 0.1) is 6.61 Å². The number of rotatable bonds is 3. The SMILES string of the molecule is CC(C)(C)[Si](C)(C)OCc1ccccc1I. The molecule has 1 aromatic rings. The predicted octanol–water partition coefficient (Wildman–Crippen LogP) is 4.81. The highest BCUT2D eigenvalue weighted by Crippen LogP contribution is 2.37. The monoisotopic (exact) mass is 348 g/mol. The topological polar surface area (TPSA) is 9.23 Å². The molecule has 0 unspecified atom stereocenters. The van der Waals surface area contributed by atoms with Crippen LogP contribution in [0.5, 0.6) is 0 Å². The summed E-state index contributed by atoms with van der Waals surface area (Å²) in [7, 11) is -1.61. The molecule has 0 radical (unpaired) electrons. The zero-order valence-corrected chi connectivity index (χ0v) is 14.0. The van der Waals surface area contributed by atoms with Gasteiger partial charge in [-0.15, -0.1) is 0 Å². The molecular formula is C13H21IOSi. The summed E-state index contributed by atoms with van der Waals surface area (Å²) in [6, 6.07) is 8.42. The van der Waals surface area contributed by atoms with Gasteiger partial charge < -0.3 is 4.43 Å². The van der Waals surface area contributed by atoms with Crippen LogP contribution in [0.25, 0.3) is 0 Å². The molecular weight excluding hydrogens is 327 g/mol. The van der Waals surface area contributed by atoms with Gasteiger partial charge in [0.1, 0.15) is 0 Å². The Morgan fingerprint density at radius 3 is 2.25 bits per heavy atom. The molecule has 0 N–H and O–H groups in total. The van der Waals surface area contributed by atoms with Crippen LogP contribution in [-0.4, -0.2) is 8.32 Å². The lowest BCUT2D eigenvalue weighted by molar-refractivity contribution is 0.275. The van der Waals surface area contributed by atoms with Crippen LogP contribution in [0.15, 0.2) is 24.3 Å². The molecule has 1 rings (SSSR count). The predicted molar refractivity (Wildman–Crippen MR) is 81.1 cm³/mol. The fraction of sp³-hybridized carbons (Fsp3) is 0.538. The summed E-state index contributed by atoms with van der Waals surface area (Å²) < 4.78 is 7.49. The lowest BCUT2D eigenvalue weighted by Gasteiger charge is -2.36. The van der Waals surface area contributed by atoms with E-state index in [1.54, 1.807) is 0 Å². The quantitative estimate of drug-likeness (QED) is 0.562. The Balaban J connectivity index is 2.69. The van der Waals surface area contributed by atoms with Crippen molar-refractivity contribution in [3.8, 4) is 0 Å². The van der Waals surface area contributed by atoms with Gasteiger partial charge in [-0.05, 0) is 52.4 Å². The molecule has 0 saturated heterocycles. The molecule has 0 amide bonds. The molecule has 0 bridgehead atoms. The van der Waals surface area contributed by atoms with E-state index in [1.807, 2.05) is 0 Å². The first-order chi connectivity index (χ1) is 7.24. The Bertz CT molecular complexity index is 355. The maximum absolute atomic E-state index is 6.19. The third-order valence-electron chi connectivity index (χ3n) is 3.35. The average molecular weight is 348 g/mol. The molecule has 0 aliphatic carbocycles. The van der Waals surface area contributed by atoms with E-state index in [9.17, 15) is 0 Å². The minimum atomic E-state index is -1.61. The molecule has 0 saturated carbocycles. The summed E-state index contributed by atoms with van der Waals surface area (Å²) in [5.41, 5.74) is 1.30. The highest BCUT2D eigenvalue weighted by Gasteiger charge is 2.37. The highest BCUT2D eigenvalue weighted by atomic mass is 127. The normalized spacial score (nSPS) is 12.9. The number of hydrogen-bond donors (Lipinski definition) is 0. The molecule has 0 atom stereocenters. The summed E-state index contributed by atoms with van der Waals surface area (Å²) >= 11 is 2.37. The van der Waals surface area contributed by atoms with Gasteiger partial charge in [0.2, 0.25) is 0 Å². The van der Waals surface area contributed by atoms with Crippen molar-refractivity contribution in [2.24, 2.45) is 0 Å². The van der Waals surface area contributed by atoms with Crippen LogP contribution in [-0.2, 0) is 11.0 Å². The minimum Gasteiger partial charge on any atom is -0.413 e. The Hall–Kier alpha value is 0.127. The van der Waals surface area contributed by atoms with E-state index in [0.29, 0.717) is 0 Å². The molecule has 16 heavy (non-hydrogen) atoms. The van der Waals surface area contributed by atoms with E-state index in [0.717, 1.165) is 6.61 Å². The maximum Gasteiger partial charge on any atom is 0.192 e. The summed E-state index contributed by atoms with van der Waals surface area (Å²) in [6.45, 7) is 12.2. The number of halogens is 1. The van der Waals surface area contributed by atoms with Crippen molar-refractivity contribution < 1.29 is 4.43 Å². The molecule has 0 aliphatic rings. The summed E-state index contributed by atoms with van der Waals surface area (Å²) in [6.07, 6.45) is 0. The second kappa shape index (κ2) is 5.19. The largest absolute Gasteiger partial charge is 0.413 e. The van der Waals surface area contributed by atoms with Crippen molar-refractivity contribution in [1.82, 2.24) is 0 Å². The highest BCUT2D eigenvalue weighted by molar-refractivity contribution is 14.1. The number of hydrogen-bond acceptors (Lipinski definition) is 1. The van der Waals surface area contributed by atoms with Crippen molar-refractivity contribution in [1.29, 1.82) is 0 Å². The van der Waals surface area contributed by atoms with Crippen molar-refractivity contribution in [3.63, 3.8) is 0 Å². The van der Waals surface area contributed by atoms with Gasteiger partial charge in [-0.3, -0.25) is 0 Å². The van der Waals surface area contributed by atoms with Gasteiger partial charge in [0.15, 0.2) is 8.32 Å². The Morgan fingerprint density at radius 1 is 1.19 bits per heavy atom. The first-order valence-electron chi connectivity index (χ1n) is 5.61. The van der Waals surface area contributed by atoms with Crippen LogP contribution in [0.1, 0.15) is 26.3 Å². The van der Waals surface area contributed by atoms with Gasteiger partial charge in [-0.1, -0.05) is 39.0 Å². The van der Waals surface area contributed by atoms with Crippen LogP contribution < -0.4 is 0 Å². The van der Waals surface area contributed by atoms with Crippen molar-refractivity contribution in [2.75, 3.05) is 0 Å². The fourth-order valence-corrected chi connectivity index (χ4v) is 2.58. The molecule has 1 nitrogen and oxygen atoms in total. The average Bonchev–Trinajstić information content (AvgIpc) is 2.15. The van der Waals surface area contributed by atoms with Gasteiger partial charge in [-0.25, -0.2) is 0 Å². The molecule has 0 spiro atoms. The van der Waals surface area contributed by atoms with Crippen LogP contribution in [0.2, 0.25) is 18.1 Å². The van der Waals surface area contributed by atoms with Crippen LogP contribution in [0.4, 0.5) is 0 Å². The summed E-state index contributed by atoms with van der Waals surface area (Å²) in [5, 5.41) is 0.285. The van der Waals surface area contributed by atoms with Crippen molar-refractivity contribution >= 4 is 30.9 Å². The lowest BCUT2D eigenvalue weighted by atomic mass is 10.2.